The van der Waals surface area contributed by atoms with Crippen molar-refractivity contribution in [3.63, 3.8) is 0 Å². The van der Waals surface area contributed by atoms with Gasteiger partial charge in [0.05, 0.1) is 24.2 Å². The first-order valence-corrected chi connectivity index (χ1v) is 9.67. The van der Waals surface area contributed by atoms with Crippen molar-refractivity contribution in [3.05, 3.63) is 59.0 Å². The third kappa shape index (κ3) is 4.51. The number of nitrogens with zero attached hydrogens (tertiary/aromatic N) is 2. The molecule has 0 aliphatic carbocycles. The smallest absolute Gasteiger partial charge is 0.266 e. The molecule has 1 aliphatic rings. The first-order chi connectivity index (χ1) is 13.9. The topological polar surface area (TPSA) is 97.6 Å². The Hall–Kier alpha value is -2.26. The van der Waals surface area contributed by atoms with Crippen molar-refractivity contribution < 1.29 is 18.7 Å². The van der Waals surface area contributed by atoms with Crippen molar-refractivity contribution in [1.82, 2.24) is 9.88 Å². The Morgan fingerprint density at radius 2 is 2.03 bits per heavy atom. The number of hydrogen-bond donors (Lipinski definition) is 2. The zero-order chi connectivity index (χ0) is 21.0. The molecule has 1 saturated heterocycles. The second-order valence-electron chi connectivity index (χ2n) is 6.60. The van der Waals surface area contributed by atoms with E-state index in [9.17, 15) is 14.0 Å². The second kappa shape index (κ2) is 9.04. The number of aromatic nitrogens is 1. The number of amides is 2. The van der Waals surface area contributed by atoms with Gasteiger partial charge < -0.3 is 20.7 Å². The lowest BCUT2D eigenvalue weighted by molar-refractivity contribution is -0.164. The fraction of sp³-hybridized carbons (Fsp3) is 0.316. The average Bonchev–Trinajstić information content (AvgIpc) is 2.66. The number of rotatable bonds is 7. The number of carbonyl (C=O) groups excluding carboxylic acids is 2. The third-order valence-electron chi connectivity index (χ3n) is 4.71. The number of benzene rings is 1. The number of nitrogens with two attached hydrogens (primary N) is 1. The molecule has 2 amide bonds. The molecule has 10 heteroatoms. The van der Waals surface area contributed by atoms with Gasteiger partial charge in [0.2, 0.25) is 5.91 Å². The highest BCUT2D eigenvalue weighted by atomic mass is 35.5. The standard InChI is InChI=1S/C19H19Cl2FN4O3/c20-7-16(27)26(9-12-4-2-1-3-5-12)19(23,13-10-29-11-13)18(28)25-17-15(22)6-14(21)8-24-17/h1-6,8,13H,7,9-11,23H2,(H,24,25,28). The molecule has 1 aromatic heterocycles. The van der Waals surface area contributed by atoms with Crippen LogP contribution in [0.3, 0.4) is 0 Å². The molecule has 1 aromatic carbocycles. The summed E-state index contributed by atoms with van der Waals surface area (Å²) in [6, 6.07) is 10.0. The summed E-state index contributed by atoms with van der Waals surface area (Å²) >= 11 is 11.5. The number of anilines is 1. The first kappa shape index (κ1) is 21.4. The highest BCUT2D eigenvalue weighted by Crippen LogP contribution is 2.30. The Morgan fingerprint density at radius 3 is 2.59 bits per heavy atom. The van der Waals surface area contributed by atoms with E-state index in [1.54, 1.807) is 24.3 Å². The maximum atomic E-state index is 14.1. The molecule has 0 radical (unpaired) electrons. The molecular weight excluding hydrogens is 422 g/mol. The van der Waals surface area contributed by atoms with Gasteiger partial charge in [-0.1, -0.05) is 41.9 Å². The van der Waals surface area contributed by atoms with Crippen LogP contribution in [-0.4, -0.2) is 46.5 Å². The van der Waals surface area contributed by atoms with E-state index in [1.807, 2.05) is 6.07 Å². The second-order valence-corrected chi connectivity index (χ2v) is 7.30. The fourth-order valence-corrected chi connectivity index (χ4v) is 3.28. The van der Waals surface area contributed by atoms with E-state index in [4.69, 9.17) is 33.7 Å². The molecule has 29 heavy (non-hydrogen) atoms. The third-order valence-corrected chi connectivity index (χ3v) is 5.14. The summed E-state index contributed by atoms with van der Waals surface area (Å²) in [5, 5.41) is 2.45. The van der Waals surface area contributed by atoms with E-state index in [0.29, 0.717) is 0 Å². The SMILES string of the molecule is NC(C(=O)Nc1ncc(Cl)cc1F)(C1COC1)N(Cc1ccccc1)C(=O)CCl. The van der Waals surface area contributed by atoms with Crippen molar-refractivity contribution in [1.29, 1.82) is 0 Å². The quantitative estimate of drug-likeness (QED) is 0.508. The molecule has 0 saturated carbocycles. The first-order valence-electron chi connectivity index (χ1n) is 8.75. The molecule has 7 nitrogen and oxygen atoms in total. The predicted octanol–water partition coefficient (Wildman–Crippen LogP) is 2.38. The van der Waals surface area contributed by atoms with Gasteiger partial charge in [-0.05, 0) is 11.6 Å². The van der Waals surface area contributed by atoms with Crippen LogP contribution in [0.4, 0.5) is 10.2 Å². The van der Waals surface area contributed by atoms with Crippen LogP contribution in [-0.2, 0) is 20.9 Å². The highest BCUT2D eigenvalue weighted by molar-refractivity contribution is 6.30. The zero-order valence-corrected chi connectivity index (χ0v) is 16.8. The molecule has 1 aliphatic heterocycles. The van der Waals surface area contributed by atoms with Crippen LogP contribution in [0.25, 0.3) is 0 Å². The summed E-state index contributed by atoms with van der Waals surface area (Å²) in [4.78, 5) is 30.8. The summed E-state index contributed by atoms with van der Waals surface area (Å²) in [6.45, 7) is 0.381. The number of pyridine rings is 1. The van der Waals surface area contributed by atoms with Gasteiger partial charge in [-0.25, -0.2) is 9.37 Å². The Bertz CT molecular complexity index is 898. The van der Waals surface area contributed by atoms with Gasteiger partial charge in [0, 0.05) is 12.7 Å². The van der Waals surface area contributed by atoms with Crippen LogP contribution in [0, 0.1) is 11.7 Å². The molecule has 154 valence electrons. The largest absolute Gasteiger partial charge is 0.380 e. The normalized spacial score (nSPS) is 15.9. The van der Waals surface area contributed by atoms with Crippen molar-refractivity contribution in [3.8, 4) is 0 Å². The van der Waals surface area contributed by atoms with Crippen LogP contribution in [0.15, 0.2) is 42.6 Å². The number of ether oxygens (including phenoxy) is 1. The summed E-state index contributed by atoms with van der Waals surface area (Å²) in [5.74, 6) is -3.38. The number of carbonyl (C=O) groups is 2. The van der Waals surface area contributed by atoms with E-state index in [2.05, 4.69) is 10.3 Å². The zero-order valence-electron chi connectivity index (χ0n) is 15.3. The lowest BCUT2D eigenvalue weighted by atomic mass is 9.88. The summed E-state index contributed by atoms with van der Waals surface area (Å²) in [5.41, 5.74) is 5.45. The molecule has 3 rings (SSSR count). The lowest BCUT2D eigenvalue weighted by Crippen LogP contribution is -2.72. The monoisotopic (exact) mass is 440 g/mol. The maximum Gasteiger partial charge on any atom is 0.266 e. The Balaban J connectivity index is 1.95. The number of nitrogens with one attached hydrogen (secondary N) is 1. The molecule has 1 fully saturated rings. The minimum absolute atomic E-state index is 0.0450. The van der Waals surface area contributed by atoms with Gasteiger partial charge in [-0.15, -0.1) is 11.6 Å². The molecule has 0 spiro atoms. The van der Waals surface area contributed by atoms with Gasteiger partial charge in [0.15, 0.2) is 17.3 Å². The van der Waals surface area contributed by atoms with Gasteiger partial charge >= 0.3 is 0 Å². The van der Waals surface area contributed by atoms with Crippen LogP contribution in [0.5, 0.6) is 0 Å². The van der Waals surface area contributed by atoms with Gasteiger partial charge in [-0.3, -0.25) is 9.59 Å². The van der Waals surface area contributed by atoms with Gasteiger partial charge in [0.25, 0.3) is 5.91 Å². The summed E-state index contributed by atoms with van der Waals surface area (Å²) in [7, 11) is 0. The molecule has 1 atom stereocenters. The minimum Gasteiger partial charge on any atom is -0.380 e. The van der Waals surface area contributed by atoms with Crippen LogP contribution in [0.2, 0.25) is 5.02 Å². The van der Waals surface area contributed by atoms with E-state index >= 15 is 0 Å². The van der Waals surface area contributed by atoms with Crippen molar-refractivity contribution in [2.75, 3.05) is 24.4 Å². The van der Waals surface area contributed by atoms with Gasteiger partial charge in [-0.2, -0.15) is 0 Å². The van der Waals surface area contributed by atoms with E-state index in [1.165, 1.54) is 11.1 Å². The summed E-state index contributed by atoms with van der Waals surface area (Å²) in [6.07, 6.45) is 1.19. The molecule has 1 unspecified atom stereocenters. The summed E-state index contributed by atoms with van der Waals surface area (Å²) < 4.78 is 19.3. The Morgan fingerprint density at radius 1 is 1.34 bits per heavy atom. The number of alkyl halides is 1. The van der Waals surface area contributed by atoms with Crippen LogP contribution in [0.1, 0.15) is 5.56 Å². The van der Waals surface area contributed by atoms with E-state index in [0.717, 1.165) is 11.6 Å². The maximum absolute atomic E-state index is 14.1. The molecule has 2 aromatic rings. The number of halogens is 3. The number of hydrogen-bond acceptors (Lipinski definition) is 5. The Kier molecular flexibility index (Phi) is 6.69. The van der Waals surface area contributed by atoms with Crippen LogP contribution >= 0.6 is 23.2 Å². The van der Waals surface area contributed by atoms with Crippen molar-refractivity contribution >= 4 is 40.8 Å². The van der Waals surface area contributed by atoms with Crippen LogP contribution < -0.4 is 11.1 Å². The predicted molar refractivity (Wildman–Crippen MR) is 107 cm³/mol. The lowest BCUT2D eigenvalue weighted by Gasteiger charge is -2.47. The van der Waals surface area contributed by atoms with Crippen molar-refractivity contribution in [2.24, 2.45) is 11.7 Å². The van der Waals surface area contributed by atoms with Gasteiger partial charge in [0.1, 0.15) is 5.88 Å². The Labute approximate surface area is 176 Å². The molecule has 2 heterocycles. The highest BCUT2D eigenvalue weighted by Gasteiger charge is 2.52. The van der Waals surface area contributed by atoms with Crippen molar-refractivity contribution in [2.45, 2.75) is 12.2 Å². The minimum atomic E-state index is -1.83. The van der Waals surface area contributed by atoms with E-state index < -0.39 is 29.2 Å². The van der Waals surface area contributed by atoms with E-state index in [-0.39, 0.29) is 36.5 Å². The fourth-order valence-electron chi connectivity index (χ4n) is 3.00. The molecule has 0 bridgehead atoms. The average molecular weight is 441 g/mol. The molecule has 3 N–H and O–H groups in total. The molecular formula is C19H19Cl2FN4O3.